The molecular weight excluding hydrogens is 158 g/mol. The highest BCUT2D eigenvalue weighted by atomic mass is 14.6. The average molecular weight is 177 g/mol. The lowest BCUT2D eigenvalue weighted by Gasteiger charge is -2.10. The zero-order chi connectivity index (χ0) is 9.68. The minimum Gasteiger partial charge on any atom is -0.324 e. The number of rotatable bonds is 4. The van der Waals surface area contributed by atoms with E-state index in [1.54, 1.807) is 0 Å². The Morgan fingerprint density at radius 1 is 1.15 bits per heavy atom. The van der Waals surface area contributed by atoms with Crippen molar-refractivity contribution < 1.29 is 0 Å². The maximum absolute atomic E-state index is 6.00. The summed E-state index contributed by atoms with van der Waals surface area (Å²) in [6.45, 7) is 4.33. The molecule has 0 fully saturated rings. The fraction of sp³-hybridized carbons (Fsp3) is 0.500. The lowest BCUT2D eigenvalue weighted by molar-refractivity contribution is 0.638. The van der Waals surface area contributed by atoms with E-state index >= 15 is 0 Å². The molecule has 2 N–H and O–H groups in total. The molecule has 0 aliphatic heterocycles. The van der Waals surface area contributed by atoms with Crippen LogP contribution in [0.5, 0.6) is 0 Å². The summed E-state index contributed by atoms with van der Waals surface area (Å²) in [4.78, 5) is 0. The van der Waals surface area contributed by atoms with E-state index in [1.807, 2.05) is 0 Å². The number of hydrogen-bond donors (Lipinski definition) is 1. The molecule has 1 aromatic carbocycles. The Balaban J connectivity index is 2.67. The topological polar surface area (TPSA) is 26.0 Å². The Hall–Kier alpha value is -0.820. The van der Waals surface area contributed by atoms with Crippen molar-refractivity contribution in [3.8, 4) is 0 Å². The Labute approximate surface area is 81.0 Å². The Morgan fingerprint density at radius 2 is 1.77 bits per heavy atom. The summed E-state index contributed by atoms with van der Waals surface area (Å²) in [7, 11) is 0. The molecule has 0 radical (unpaired) electrons. The predicted molar refractivity (Wildman–Crippen MR) is 57.7 cm³/mol. The normalized spacial score (nSPS) is 12.8. The number of benzene rings is 1. The van der Waals surface area contributed by atoms with Crippen LogP contribution < -0.4 is 5.73 Å². The van der Waals surface area contributed by atoms with E-state index in [0.29, 0.717) is 0 Å². The SMILES string of the molecule is CCC[C@@H](N)c1ccc(CC)cc1. The largest absolute Gasteiger partial charge is 0.324 e. The van der Waals surface area contributed by atoms with E-state index in [4.69, 9.17) is 5.73 Å². The maximum Gasteiger partial charge on any atom is 0.0294 e. The lowest BCUT2D eigenvalue weighted by Crippen LogP contribution is -2.09. The highest BCUT2D eigenvalue weighted by molar-refractivity contribution is 5.24. The van der Waals surface area contributed by atoms with Crippen molar-refractivity contribution in [1.29, 1.82) is 0 Å². The van der Waals surface area contributed by atoms with Crippen molar-refractivity contribution in [2.24, 2.45) is 5.73 Å². The quantitative estimate of drug-likeness (QED) is 0.751. The van der Waals surface area contributed by atoms with Crippen molar-refractivity contribution in [2.75, 3.05) is 0 Å². The molecule has 0 heterocycles. The average Bonchev–Trinajstić information content (AvgIpc) is 2.18. The summed E-state index contributed by atoms with van der Waals surface area (Å²) in [5.74, 6) is 0. The van der Waals surface area contributed by atoms with Crippen LogP contribution in [0.4, 0.5) is 0 Å². The molecule has 0 amide bonds. The van der Waals surface area contributed by atoms with Crippen LogP contribution in [0.15, 0.2) is 24.3 Å². The smallest absolute Gasteiger partial charge is 0.0294 e. The molecule has 0 aromatic heterocycles. The number of aryl methyl sites for hydroxylation is 1. The highest BCUT2D eigenvalue weighted by Crippen LogP contribution is 2.16. The van der Waals surface area contributed by atoms with E-state index in [1.165, 1.54) is 11.1 Å². The van der Waals surface area contributed by atoms with Crippen LogP contribution in [-0.2, 0) is 6.42 Å². The second-order valence-corrected chi connectivity index (χ2v) is 3.49. The zero-order valence-corrected chi connectivity index (χ0v) is 8.59. The molecule has 0 saturated carbocycles. The van der Waals surface area contributed by atoms with E-state index in [-0.39, 0.29) is 6.04 Å². The van der Waals surface area contributed by atoms with Gasteiger partial charge in [0.2, 0.25) is 0 Å². The highest BCUT2D eigenvalue weighted by Gasteiger charge is 2.03. The van der Waals surface area contributed by atoms with Gasteiger partial charge in [0.15, 0.2) is 0 Å². The Morgan fingerprint density at radius 3 is 2.23 bits per heavy atom. The van der Waals surface area contributed by atoms with Crippen molar-refractivity contribution in [1.82, 2.24) is 0 Å². The fourth-order valence-electron chi connectivity index (χ4n) is 1.48. The summed E-state index contributed by atoms with van der Waals surface area (Å²) in [6.07, 6.45) is 3.32. The third-order valence-electron chi connectivity index (χ3n) is 2.42. The van der Waals surface area contributed by atoms with Crippen LogP contribution in [0.1, 0.15) is 43.9 Å². The Kier molecular flexibility index (Phi) is 3.97. The molecular formula is C12H19N. The van der Waals surface area contributed by atoms with Crippen LogP contribution in [-0.4, -0.2) is 0 Å². The van der Waals surface area contributed by atoms with Crippen molar-refractivity contribution >= 4 is 0 Å². The van der Waals surface area contributed by atoms with Gasteiger partial charge in [-0.15, -0.1) is 0 Å². The van der Waals surface area contributed by atoms with Crippen LogP contribution in [0, 0.1) is 0 Å². The zero-order valence-electron chi connectivity index (χ0n) is 8.59. The van der Waals surface area contributed by atoms with E-state index in [2.05, 4.69) is 38.1 Å². The molecule has 1 atom stereocenters. The van der Waals surface area contributed by atoms with E-state index in [9.17, 15) is 0 Å². The first-order chi connectivity index (χ1) is 6.27. The van der Waals surface area contributed by atoms with Crippen LogP contribution in [0.3, 0.4) is 0 Å². The summed E-state index contributed by atoms with van der Waals surface area (Å²) in [5, 5.41) is 0. The molecule has 0 aliphatic rings. The molecule has 1 heteroatoms. The van der Waals surface area contributed by atoms with Crippen molar-refractivity contribution in [2.45, 2.75) is 39.2 Å². The minimum atomic E-state index is 0.218. The van der Waals surface area contributed by atoms with Gasteiger partial charge in [0.1, 0.15) is 0 Å². The van der Waals surface area contributed by atoms with Crippen molar-refractivity contribution in [3.63, 3.8) is 0 Å². The van der Waals surface area contributed by atoms with Gasteiger partial charge in [-0.1, -0.05) is 44.5 Å². The predicted octanol–water partition coefficient (Wildman–Crippen LogP) is 3.05. The molecule has 0 bridgehead atoms. The fourth-order valence-corrected chi connectivity index (χ4v) is 1.48. The third kappa shape index (κ3) is 2.85. The third-order valence-corrected chi connectivity index (χ3v) is 2.42. The summed E-state index contributed by atoms with van der Waals surface area (Å²) >= 11 is 0. The summed E-state index contributed by atoms with van der Waals surface area (Å²) < 4.78 is 0. The molecule has 0 aliphatic carbocycles. The summed E-state index contributed by atoms with van der Waals surface area (Å²) in [5.41, 5.74) is 8.64. The van der Waals surface area contributed by atoms with Crippen LogP contribution in [0.2, 0.25) is 0 Å². The van der Waals surface area contributed by atoms with Gasteiger partial charge in [-0.25, -0.2) is 0 Å². The van der Waals surface area contributed by atoms with Gasteiger partial charge in [0.25, 0.3) is 0 Å². The summed E-state index contributed by atoms with van der Waals surface area (Å²) in [6, 6.07) is 8.87. The maximum atomic E-state index is 6.00. The number of hydrogen-bond acceptors (Lipinski definition) is 1. The first kappa shape index (κ1) is 10.3. The molecule has 72 valence electrons. The van der Waals surface area contributed by atoms with Gasteiger partial charge in [0.05, 0.1) is 0 Å². The molecule has 1 rings (SSSR count). The van der Waals surface area contributed by atoms with E-state index < -0.39 is 0 Å². The molecule has 0 spiro atoms. The van der Waals surface area contributed by atoms with Gasteiger partial charge >= 0.3 is 0 Å². The van der Waals surface area contributed by atoms with Gasteiger partial charge in [-0.3, -0.25) is 0 Å². The van der Waals surface area contributed by atoms with Crippen molar-refractivity contribution in [3.05, 3.63) is 35.4 Å². The molecule has 1 aromatic rings. The minimum absolute atomic E-state index is 0.218. The lowest BCUT2D eigenvalue weighted by atomic mass is 10.0. The second-order valence-electron chi connectivity index (χ2n) is 3.49. The molecule has 1 nitrogen and oxygen atoms in total. The molecule has 13 heavy (non-hydrogen) atoms. The van der Waals surface area contributed by atoms with E-state index in [0.717, 1.165) is 19.3 Å². The standard InChI is InChI=1S/C12H19N/c1-3-5-12(13)11-8-6-10(4-2)7-9-11/h6-9,12H,3-5,13H2,1-2H3/t12-/m1/s1. The van der Waals surface area contributed by atoms with Gasteiger partial charge in [0, 0.05) is 6.04 Å². The molecule has 0 unspecified atom stereocenters. The number of nitrogens with two attached hydrogens (primary N) is 1. The first-order valence-corrected chi connectivity index (χ1v) is 5.12. The second kappa shape index (κ2) is 5.03. The molecule has 0 saturated heterocycles. The van der Waals surface area contributed by atoms with Crippen LogP contribution in [0.25, 0.3) is 0 Å². The monoisotopic (exact) mass is 177 g/mol. The van der Waals surface area contributed by atoms with Gasteiger partial charge in [-0.05, 0) is 24.0 Å². The van der Waals surface area contributed by atoms with Gasteiger partial charge in [-0.2, -0.15) is 0 Å². The first-order valence-electron chi connectivity index (χ1n) is 5.12. The Bertz CT molecular complexity index is 238. The van der Waals surface area contributed by atoms with Gasteiger partial charge < -0.3 is 5.73 Å². The van der Waals surface area contributed by atoms with Crippen LogP contribution >= 0.6 is 0 Å².